The molecule has 172 valence electrons. The fraction of sp³-hybridized carbons (Fsp3) is 0.840. The summed E-state index contributed by atoms with van der Waals surface area (Å²) in [5, 5.41) is 12.1. The first-order valence-electron chi connectivity index (χ1n) is 12.1. The van der Waals surface area contributed by atoms with Gasteiger partial charge >= 0.3 is 0 Å². The highest BCUT2D eigenvalue weighted by Crippen LogP contribution is 2.64. The normalized spacial score (nSPS) is 49.2. The van der Waals surface area contributed by atoms with E-state index in [1.165, 1.54) is 16.7 Å². The van der Waals surface area contributed by atoms with Crippen LogP contribution in [0, 0.1) is 17.3 Å². The van der Waals surface area contributed by atoms with E-state index in [0.717, 1.165) is 44.9 Å². The average molecular weight is 433 g/mol. The van der Waals surface area contributed by atoms with Crippen LogP contribution in [0.4, 0.5) is 0 Å². The highest BCUT2D eigenvalue weighted by atomic mass is 16.7. The minimum absolute atomic E-state index is 0.0637. The van der Waals surface area contributed by atoms with Gasteiger partial charge in [0, 0.05) is 25.4 Å². The van der Waals surface area contributed by atoms with Gasteiger partial charge in [-0.25, -0.2) is 0 Å². The summed E-state index contributed by atoms with van der Waals surface area (Å²) in [4.78, 5) is 0. The molecule has 1 saturated carbocycles. The maximum atomic E-state index is 12.1. The number of hydrogen-bond donors (Lipinski definition) is 1. The monoisotopic (exact) mass is 432 g/mol. The van der Waals surface area contributed by atoms with Crippen LogP contribution in [0.3, 0.4) is 0 Å². The summed E-state index contributed by atoms with van der Waals surface area (Å²) in [5.41, 5.74) is 3.44. The fourth-order valence-electron chi connectivity index (χ4n) is 7.89. The summed E-state index contributed by atoms with van der Waals surface area (Å²) < 4.78 is 30.7. The SMILES string of the molecule is COCC1OCCOC23CC4=C(CC2OCCO3)C2=CC[C@@]3(C)[C@H](CC[C@@]13O)[C@@H]2CC4. The third-order valence-corrected chi connectivity index (χ3v) is 9.50. The number of hydrogen-bond acceptors (Lipinski definition) is 6. The van der Waals surface area contributed by atoms with Crippen molar-refractivity contribution in [2.24, 2.45) is 17.3 Å². The molecule has 3 unspecified atom stereocenters. The van der Waals surface area contributed by atoms with Gasteiger partial charge in [-0.15, -0.1) is 0 Å². The minimum atomic E-state index is -0.890. The van der Waals surface area contributed by atoms with Gasteiger partial charge in [-0.05, 0) is 55.1 Å². The van der Waals surface area contributed by atoms with Crippen LogP contribution in [0.25, 0.3) is 0 Å². The van der Waals surface area contributed by atoms with E-state index in [0.29, 0.717) is 44.9 Å². The molecule has 3 fully saturated rings. The van der Waals surface area contributed by atoms with Crippen molar-refractivity contribution in [1.82, 2.24) is 0 Å². The largest absolute Gasteiger partial charge is 0.386 e. The predicted octanol–water partition coefficient (Wildman–Crippen LogP) is 3.14. The van der Waals surface area contributed by atoms with Crippen molar-refractivity contribution in [2.45, 2.75) is 75.5 Å². The minimum Gasteiger partial charge on any atom is -0.386 e. The van der Waals surface area contributed by atoms with Crippen LogP contribution < -0.4 is 0 Å². The summed E-state index contributed by atoms with van der Waals surface area (Å²) >= 11 is 0. The van der Waals surface area contributed by atoms with E-state index in [1.54, 1.807) is 7.11 Å². The maximum Gasteiger partial charge on any atom is 0.199 e. The van der Waals surface area contributed by atoms with E-state index in [1.807, 2.05) is 0 Å². The molecule has 6 heteroatoms. The Bertz CT molecular complexity index is 806. The summed E-state index contributed by atoms with van der Waals surface area (Å²) in [5.74, 6) is 0.285. The molecule has 4 aliphatic carbocycles. The van der Waals surface area contributed by atoms with Crippen LogP contribution >= 0.6 is 0 Å². The van der Waals surface area contributed by atoms with E-state index >= 15 is 0 Å². The van der Waals surface area contributed by atoms with Crippen molar-refractivity contribution in [2.75, 3.05) is 40.1 Å². The second-order valence-corrected chi connectivity index (χ2v) is 10.6. The summed E-state index contributed by atoms with van der Waals surface area (Å²) in [6.45, 7) is 4.71. The third-order valence-electron chi connectivity index (χ3n) is 9.50. The lowest BCUT2D eigenvalue weighted by atomic mass is 9.55. The molecule has 0 amide bonds. The van der Waals surface area contributed by atoms with Crippen LogP contribution in [0.1, 0.15) is 51.9 Å². The molecule has 2 saturated heterocycles. The standard InChI is InChI=1S/C25H36O6/c1-23-7-5-17-18-4-3-16-14-25(21(13-19(16)17)28-9-11-30-25)31-12-10-29-22(15-27-2)24(23,26)8-6-20(18)23/h5,18,20-22,26H,3-4,6-15H2,1-2H3/t18-,20-,21?,22?,23+,24-,25?/m1/s1. The van der Waals surface area contributed by atoms with E-state index in [-0.39, 0.29) is 17.6 Å². The lowest BCUT2D eigenvalue weighted by Crippen LogP contribution is -2.59. The number of allylic oxidation sites excluding steroid dienone is 2. The molecule has 8 bridgehead atoms. The summed E-state index contributed by atoms with van der Waals surface area (Å²) in [7, 11) is 1.69. The molecule has 0 aromatic heterocycles. The van der Waals surface area contributed by atoms with Gasteiger partial charge in [-0.3, -0.25) is 0 Å². The fourth-order valence-corrected chi connectivity index (χ4v) is 7.89. The Morgan fingerprint density at radius 3 is 2.74 bits per heavy atom. The van der Waals surface area contributed by atoms with Crippen molar-refractivity contribution in [3.05, 3.63) is 22.8 Å². The van der Waals surface area contributed by atoms with Crippen LogP contribution in [-0.2, 0) is 23.7 Å². The Balaban J connectivity index is 1.46. The molecule has 7 atom stereocenters. The summed E-state index contributed by atoms with van der Waals surface area (Å²) in [6.07, 6.45) is 8.65. The second-order valence-electron chi connectivity index (χ2n) is 10.6. The molecule has 31 heavy (non-hydrogen) atoms. The van der Waals surface area contributed by atoms with Gasteiger partial charge in [0.1, 0.15) is 12.2 Å². The van der Waals surface area contributed by atoms with Crippen molar-refractivity contribution >= 4 is 0 Å². The maximum absolute atomic E-state index is 12.1. The molecular weight excluding hydrogens is 396 g/mol. The second kappa shape index (κ2) is 7.37. The van der Waals surface area contributed by atoms with E-state index in [9.17, 15) is 5.11 Å². The Hall–Kier alpha value is -0.760. The van der Waals surface area contributed by atoms with Gasteiger partial charge in [0.2, 0.25) is 0 Å². The highest BCUT2D eigenvalue weighted by Gasteiger charge is 2.64. The Labute approximate surface area is 184 Å². The molecule has 1 spiro atoms. The predicted molar refractivity (Wildman–Crippen MR) is 113 cm³/mol. The van der Waals surface area contributed by atoms with Gasteiger partial charge in [-0.1, -0.05) is 18.6 Å². The smallest absolute Gasteiger partial charge is 0.199 e. The van der Waals surface area contributed by atoms with Gasteiger partial charge in [0.05, 0.1) is 38.6 Å². The van der Waals surface area contributed by atoms with Gasteiger partial charge < -0.3 is 28.8 Å². The van der Waals surface area contributed by atoms with E-state index in [4.69, 9.17) is 23.7 Å². The first-order chi connectivity index (χ1) is 15.0. The zero-order valence-corrected chi connectivity index (χ0v) is 18.9. The zero-order valence-electron chi connectivity index (χ0n) is 18.9. The number of rotatable bonds is 2. The molecule has 0 radical (unpaired) electrons. The van der Waals surface area contributed by atoms with Crippen molar-refractivity contribution in [1.29, 1.82) is 0 Å². The molecule has 0 aromatic rings. The van der Waals surface area contributed by atoms with E-state index in [2.05, 4.69) is 13.0 Å². The third kappa shape index (κ3) is 2.85. The van der Waals surface area contributed by atoms with Gasteiger partial charge in [-0.2, -0.15) is 0 Å². The lowest BCUT2D eigenvalue weighted by Gasteiger charge is -2.54. The molecule has 6 nitrogen and oxygen atoms in total. The lowest BCUT2D eigenvalue weighted by molar-refractivity contribution is -0.330. The van der Waals surface area contributed by atoms with Crippen molar-refractivity contribution in [3.8, 4) is 0 Å². The molecule has 4 aliphatic heterocycles. The van der Waals surface area contributed by atoms with Crippen LogP contribution in [0.15, 0.2) is 22.8 Å². The Kier molecular flexibility index (Phi) is 4.95. The Morgan fingerprint density at radius 1 is 1.13 bits per heavy atom. The molecule has 1 N–H and O–H groups in total. The van der Waals surface area contributed by atoms with Crippen molar-refractivity contribution < 1.29 is 28.8 Å². The number of methoxy groups -OCH3 is 1. The molecule has 0 aromatic carbocycles. The molecule has 4 heterocycles. The van der Waals surface area contributed by atoms with Gasteiger partial charge in [0.25, 0.3) is 0 Å². The number of ether oxygens (including phenoxy) is 5. The Morgan fingerprint density at radius 2 is 1.94 bits per heavy atom. The zero-order chi connectivity index (χ0) is 21.3. The molecular formula is C25H36O6. The summed E-state index contributed by atoms with van der Waals surface area (Å²) in [6, 6.07) is 0. The first kappa shape index (κ1) is 20.8. The van der Waals surface area contributed by atoms with Gasteiger partial charge in [0.15, 0.2) is 5.79 Å². The quantitative estimate of drug-likeness (QED) is 0.723. The van der Waals surface area contributed by atoms with Crippen LogP contribution in [-0.4, -0.2) is 68.8 Å². The van der Waals surface area contributed by atoms with Crippen LogP contribution in [0.5, 0.6) is 0 Å². The first-order valence-corrected chi connectivity index (χ1v) is 12.1. The van der Waals surface area contributed by atoms with Crippen molar-refractivity contribution in [3.63, 3.8) is 0 Å². The molecule has 8 rings (SSSR count). The number of aliphatic hydroxyl groups is 1. The highest BCUT2D eigenvalue weighted by molar-refractivity contribution is 5.46. The van der Waals surface area contributed by atoms with Crippen LogP contribution in [0.2, 0.25) is 0 Å². The number of fused-ring (bicyclic) bond motifs is 1. The topological polar surface area (TPSA) is 66.4 Å². The van der Waals surface area contributed by atoms with E-state index < -0.39 is 11.4 Å². The average Bonchev–Trinajstić information content (AvgIpc) is 3.05. The molecule has 8 aliphatic rings.